The van der Waals surface area contributed by atoms with E-state index in [0.29, 0.717) is 60.5 Å². The van der Waals surface area contributed by atoms with Gasteiger partial charge in [0.1, 0.15) is 11.5 Å². The minimum atomic E-state index is -5.58. The molecular formula is C44H50Cl2F2N6O6S2. The van der Waals surface area contributed by atoms with Gasteiger partial charge in [-0.3, -0.25) is 4.79 Å². The molecular weight excluding hydrogens is 882 g/mol. The number of rotatable bonds is 19. The van der Waals surface area contributed by atoms with Gasteiger partial charge < -0.3 is 30.6 Å². The highest BCUT2D eigenvalue weighted by molar-refractivity contribution is 7.94. The molecule has 6 rings (SSSR count). The number of aromatic amines is 1. The van der Waals surface area contributed by atoms with Crippen molar-refractivity contribution in [2.45, 2.75) is 54.0 Å². The fourth-order valence-electron chi connectivity index (χ4n) is 7.20. The summed E-state index contributed by atoms with van der Waals surface area (Å²) in [6.07, 6.45) is 5.25. The zero-order chi connectivity index (χ0) is 44.9. The van der Waals surface area contributed by atoms with Crippen LogP contribution in [-0.4, -0.2) is 84.2 Å². The molecule has 0 bridgehead atoms. The number of halogens is 4. The standard InChI is InChI=1S/C44H50Cl2F2N6O6S2/c1-43(2)19-17-30(36(27-43)29-9-11-31(45)12-10-29)28-49-22-23-50-32-13-15-35(40(25-32)60-39-8-5-7-37-34(39)18-21-52-37)42(55)53-62(58,59)33-14-16-38(51-20-6-24-54(3)4)41(26-33)61(56,57)44(46,47)48/h5,7-16,18,21,25-26,49-52H,6,17,19-20,22-24,27-28H2,1-4H3,(H,53,55). The van der Waals surface area contributed by atoms with Crippen molar-refractivity contribution in [2.24, 2.45) is 5.41 Å². The van der Waals surface area contributed by atoms with Crippen molar-refractivity contribution in [1.82, 2.24) is 19.9 Å². The number of hydrogen-bond donors (Lipinski definition) is 5. The van der Waals surface area contributed by atoms with Crippen LogP contribution in [0.1, 0.15) is 55.5 Å². The quantitative estimate of drug-likeness (QED) is 0.0399. The zero-order valence-corrected chi connectivity index (χ0v) is 37.9. The Labute approximate surface area is 371 Å². The molecule has 18 heteroatoms. The third kappa shape index (κ3) is 11.5. The Morgan fingerprint density at radius 1 is 0.919 bits per heavy atom. The van der Waals surface area contributed by atoms with E-state index in [1.807, 2.05) is 41.9 Å². The first-order valence-corrected chi connectivity index (χ1v) is 23.7. The molecule has 0 spiro atoms. The Hall–Kier alpha value is -4.71. The zero-order valence-electron chi connectivity index (χ0n) is 34.7. The summed E-state index contributed by atoms with van der Waals surface area (Å²) in [7, 11) is -6.77. The van der Waals surface area contributed by atoms with Crippen molar-refractivity contribution in [2.75, 3.05) is 57.5 Å². The highest BCUT2D eigenvalue weighted by atomic mass is 35.5. The number of nitrogens with one attached hydrogen (secondary N) is 5. The maximum absolute atomic E-state index is 14.2. The van der Waals surface area contributed by atoms with Gasteiger partial charge in [-0.05, 0) is 135 Å². The van der Waals surface area contributed by atoms with Gasteiger partial charge in [0.2, 0.25) is 0 Å². The normalized spacial score (nSPS) is 14.6. The molecule has 0 saturated carbocycles. The summed E-state index contributed by atoms with van der Waals surface area (Å²) >= 11 is 11.2. The summed E-state index contributed by atoms with van der Waals surface area (Å²) in [4.78, 5) is 17.0. The van der Waals surface area contributed by atoms with Crippen molar-refractivity contribution in [3.8, 4) is 11.5 Å². The average molecular weight is 932 g/mol. The smallest absolute Gasteiger partial charge is 0.427 e. The second-order valence-electron chi connectivity index (χ2n) is 16.2. The lowest BCUT2D eigenvalue weighted by atomic mass is 9.72. The van der Waals surface area contributed by atoms with E-state index in [0.717, 1.165) is 36.9 Å². The van der Waals surface area contributed by atoms with Crippen LogP contribution in [-0.2, 0) is 19.9 Å². The number of allylic oxidation sites excluding steroid dienone is 1. The molecule has 1 heterocycles. The lowest BCUT2D eigenvalue weighted by Gasteiger charge is -2.34. The Balaban J connectivity index is 1.21. The second kappa shape index (κ2) is 19.4. The van der Waals surface area contributed by atoms with E-state index in [2.05, 4.69) is 46.9 Å². The van der Waals surface area contributed by atoms with Gasteiger partial charge in [-0.25, -0.2) is 21.6 Å². The van der Waals surface area contributed by atoms with Gasteiger partial charge in [-0.15, -0.1) is 0 Å². The highest BCUT2D eigenvalue weighted by Gasteiger charge is 2.46. The number of sulfonamides is 1. The highest BCUT2D eigenvalue weighted by Crippen LogP contribution is 2.43. The molecule has 0 fully saturated rings. The molecule has 5 N–H and O–H groups in total. The lowest BCUT2D eigenvalue weighted by molar-refractivity contribution is 0.0979. The number of aromatic nitrogens is 1. The molecule has 0 radical (unpaired) electrons. The first kappa shape index (κ1) is 46.8. The Morgan fingerprint density at radius 2 is 1.68 bits per heavy atom. The first-order chi connectivity index (χ1) is 29.2. The van der Waals surface area contributed by atoms with E-state index >= 15 is 0 Å². The Bertz CT molecular complexity index is 2670. The number of benzene rings is 4. The summed E-state index contributed by atoms with van der Waals surface area (Å²) in [5, 5.41) is 11.0. The summed E-state index contributed by atoms with van der Waals surface area (Å²) in [6.45, 7) is 7.15. The number of anilines is 2. The summed E-state index contributed by atoms with van der Waals surface area (Å²) < 4.78 is 85.1. The molecule has 1 aromatic heterocycles. The molecule has 1 amide bonds. The van der Waals surface area contributed by atoms with Crippen molar-refractivity contribution in [3.63, 3.8) is 0 Å². The molecule has 1 aliphatic rings. The van der Waals surface area contributed by atoms with Crippen molar-refractivity contribution >= 4 is 76.8 Å². The molecule has 0 unspecified atom stereocenters. The van der Waals surface area contributed by atoms with Gasteiger partial charge in [0.15, 0.2) is 0 Å². The van der Waals surface area contributed by atoms with Gasteiger partial charge >= 0.3 is 4.71 Å². The van der Waals surface area contributed by atoms with Gasteiger partial charge in [0, 0.05) is 60.1 Å². The van der Waals surface area contributed by atoms with E-state index < -0.39 is 40.3 Å². The van der Waals surface area contributed by atoms with Gasteiger partial charge in [-0.1, -0.05) is 49.2 Å². The predicted molar refractivity (Wildman–Crippen MR) is 243 cm³/mol. The SMILES string of the molecule is CN(C)CCCNc1ccc(S(=O)(=O)NC(=O)c2ccc(NCCNCC3=C(c4ccc(Cl)cc4)CC(C)(C)CC3)cc2Oc2cccc3[nH]ccc23)cc1S(=O)(=O)C(F)(F)Cl. The van der Waals surface area contributed by atoms with Crippen LogP contribution in [0.15, 0.2) is 106 Å². The monoisotopic (exact) mass is 930 g/mol. The Morgan fingerprint density at radius 3 is 2.40 bits per heavy atom. The third-order valence-electron chi connectivity index (χ3n) is 10.5. The predicted octanol–water partition coefficient (Wildman–Crippen LogP) is 9.32. The second-order valence-corrected chi connectivity index (χ2v) is 20.9. The number of carbonyl (C=O) groups is 1. The maximum atomic E-state index is 14.2. The van der Waals surface area contributed by atoms with Crippen LogP contribution < -0.4 is 25.4 Å². The minimum absolute atomic E-state index is 0.00858. The molecule has 4 aromatic carbocycles. The number of ether oxygens (including phenoxy) is 1. The van der Waals surface area contributed by atoms with E-state index in [1.165, 1.54) is 22.8 Å². The number of carbonyl (C=O) groups excluding carboxylic acids is 1. The van der Waals surface area contributed by atoms with E-state index in [-0.39, 0.29) is 29.0 Å². The van der Waals surface area contributed by atoms with Crippen LogP contribution in [0.25, 0.3) is 16.5 Å². The van der Waals surface area contributed by atoms with Crippen LogP contribution in [0.2, 0.25) is 5.02 Å². The topological polar surface area (TPSA) is 162 Å². The summed E-state index contributed by atoms with van der Waals surface area (Å²) in [5.74, 6) is -0.729. The molecule has 0 aliphatic heterocycles. The number of sulfone groups is 1. The van der Waals surface area contributed by atoms with E-state index in [4.69, 9.17) is 27.9 Å². The maximum Gasteiger partial charge on any atom is 0.427 e. The van der Waals surface area contributed by atoms with Gasteiger partial charge in [0.05, 0.1) is 21.0 Å². The van der Waals surface area contributed by atoms with Crippen LogP contribution in [0.5, 0.6) is 11.5 Å². The fourth-order valence-corrected chi connectivity index (χ4v) is 9.61. The molecule has 62 heavy (non-hydrogen) atoms. The average Bonchev–Trinajstić information content (AvgIpc) is 3.70. The van der Waals surface area contributed by atoms with E-state index in [9.17, 15) is 30.4 Å². The number of hydrogen-bond acceptors (Lipinski definition) is 10. The first-order valence-electron chi connectivity index (χ1n) is 19.9. The largest absolute Gasteiger partial charge is 0.456 e. The van der Waals surface area contributed by atoms with Crippen LogP contribution >= 0.6 is 23.2 Å². The molecule has 0 atom stereocenters. The third-order valence-corrected chi connectivity index (χ3v) is 14.2. The van der Waals surface area contributed by atoms with Crippen LogP contribution in [0, 0.1) is 5.41 Å². The Kier molecular flexibility index (Phi) is 14.6. The molecule has 1 aliphatic carbocycles. The summed E-state index contributed by atoms with van der Waals surface area (Å²) in [5.41, 5.74) is 4.92. The minimum Gasteiger partial charge on any atom is -0.456 e. The lowest BCUT2D eigenvalue weighted by Crippen LogP contribution is -2.31. The van der Waals surface area contributed by atoms with E-state index in [1.54, 1.807) is 36.5 Å². The number of nitrogens with zero attached hydrogens (tertiary/aromatic N) is 1. The number of alkyl halides is 3. The fraction of sp³-hybridized carbons (Fsp3) is 0.341. The van der Waals surface area contributed by atoms with Crippen LogP contribution in [0.4, 0.5) is 20.2 Å². The van der Waals surface area contributed by atoms with Crippen molar-refractivity contribution < 1.29 is 35.1 Å². The molecule has 0 saturated heterocycles. The molecule has 332 valence electrons. The van der Waals surface area contributed by atoms with Crippen molar-refractivity contribution in [1.29, 1.82) is 0 Å². The van der Waals surface area contributed by atoms with Gasteiger partial charge in [0.25, 0.3) is 25.8 Å². The molecule has 12 nitrogen and oxygen atoms in total. The number of amides is 1. The van der Waals surface area contributed by atoms with Crippen molar-refractivity contribution in [3.05, 3.63) is 113 Å². The summed E-state index contributed by atoms with van der Waals surface area (Å²) in [6, 6.07) is 22.2. The number of H-pyrrole nitrogens is 1. The van der Waals surface area contributed by atoms with Crippen LogP contribution in [0.3, 0.4) is 0 Å². The molecule has 5 aromatic rings. The van der Waals surface area contributed by atoms with Gasteiger partial charge in [-0.2, -0.15) is 8.78 Å². The number of fused-ring (bicyclic) bond motifs is 1.